The Morgan fingerprint density at radius 2 is 1.88 bits per heavy atom. The minimum absolute atomic E-state index is 0.365. The van der Waals surface area contributed by atoms with Crippen molar-refractivity contribution in [1.29, 1.82) is 0 Å². The Labute approximate surface area is 206 Å². The van der Waals surface area contributed by atoms with Gasteiger partial charge in [0.1, 0.15) is 11.3 Å². The van der Waals surface area contributed by atoms with Gasteiger partial charge in [-0.15, -0.1) is 11.3 Å². The second-order valence-electron chi connectivity index (χ2n) is 9.33. The SMILES string of the molecule is CCCCc1nc2cnc3cc(Br)sc3c2n1Cc1ccc(CN(C(=O)O)C(C)(C)C)cc1. The van der Waals surface area contributed by atoms with Crippen molar-refractivity contribution in [2.45, 2.75) is 65.6 Å². The molecule has 6 nitrogen and oxygen atoms in total. The molecular weight excluding hydrogens is 500 g/mol. The van der Waals surface area contributed by atoms with E-state index in [1.807, 2.05) is 39.1 Å². The van der Waals surface area contributed by atoms with Crippen LogP contribution in [0.1, 0.15) is 57.5 Å². The molecule has 0 aliphatic heterocycles. The monoisotopic (exact) mass is 528 g/mol. The number of aryl methyl sites for hydroxylation is 1. The average Bonchev–Trinajstić information content (AvgIpc) is 3.29. The zero-order valence-corrected chi connectivity index (χ0v) is 21.8. The van der Waals surface area contributed by atoms with Crippen molar-refractivity contribution in [3.8, 4) is 0 Å². The molecule has 0 fully saturated rings. The van der Waals surface area contributed by atoms with Crippen molar-refractivity contribution < 1.29 is 9.90 Å². The van der Waals surface area contributed by atoms with Gasteiger partial charge in [0.25, 0.3) is 0 Å². The number of hydrogen-bond donors (Lipinski definition) is 1. The number of amides is 1. The number of aromatic nitrogens is 3. The van der Waals surface area contributed by atoms with Gasteiger partial charge < -0.3 is 9.67 Å². The van der Waals surface area contributed by atoms with Crippen molar-refractivity contribution in [3.63, 3.8) is 0 Å². The number of unbranched alkanes of at least 4 members (excludes halogenated alkanes) is 1. The Morgan fingerprint density at radius 3 is 2.52 bits per heavy atom. The predicted molar refractivity (Wildman–Crippen MR) is 138 cm³/mol. The van der Waals surface area contributed by atoms with Gasteiger partial charge in [0.05, 0.1) is 25.7 Å². The maximum atomic E-state index is 11.7. The molecule has 0 saturated carbocycles. The average molecular weight is 530 g/mol. The number of pyridine rings is 1. The highest BCUT2D eigenvalue weighted by molar-refractivity contribution is 9.11. The molecule has 0 unspecified atom stereocenters. The van der Waals surface area contributed by atoms with E-state index in [1.165, 1.54) is 4.90 Å². The van der Waals surface area contributed by atoms with Crippen LogP contribution in [0.15, 0.2) is 40.3 Å². The van der Waals surface area contributed by atoms with Gasteiger partial charge in [-0.05, 0) is 60.3 Å². The highest BCUT2D eigenvalue weighted by Gasteiger charge is 2.26. The molecule has 0 radical (unpaired) electrons. The molecule has 1 aromatic carbocycles. The third kappa shape index (κ3) is 5.06. The Hall–Kier alpha value is -2.45. The summed E-state index contributed by atoms with van der Waals surface area (Å²) in [4.78, 5) is 22.7. The summed E-state index contributed by atoms with van der Waals surface area (Å²) in [6, 6.07) is 10.3. The first-order chi connectivity index (χ1) is 15.7. The molecule has 4 rings (SSSR count). The standard InChI is InChI=1S/C25H29BrN4O2S/c1-5-6-7-21-28-19-13-27-18-12-20(26)33-23(18)22(19)29(21)14-16-8-10-17(11-9-16)15-30(24(31)32)25(2,3)4/h8-13H,5-7,14-15H2,1-4H3,(H,31,32). The Bertz CT molecular complexity index is 1290. The maximum Gasteiger partial charge on any atom is 0.408 e. The van der Waals surface area contributed by atoms with E-state index in [4.69, 9.17) is 4.98 Å². The Morgan fingerprint density at radius 1 is 1.18 bits per heavy atom. The molecule has 4 aromatic rings. The molecule has 33 heavy (non-hydrogen) atoms. The van der Waals surface area contributed by atoms with E-state index in [0.717, 1.165) is 61.3 Å². The van der Waals surface area contributed by atoms with E-state index < -0.39 is 11.6 Å². The summed E-state index contributed by atoms with van der Waals surface area (Å²) in [7, 11) is 0. The van der Waals surface area contributed by atoms with Gasteiger partial charge in [-0.2, -0.15) is 0 Å². The quantitative estimate of drug-likeness (QED) is 0.278. The number of fused-ring (bicyclic) bond motifs is 3. The molecule has 3 aromatic heterocycles. The number of benzene rings is 1. The minimum Gasteiger partial charge on any atom is -0.465 e. The predicted octanol–water partition coefficient (Wildman–Crippen LogP) is 7.08. The van der Waals surface area contributed by atoms with Crippen LogP contribution in [0.5, 0.6) is 0 Å². The molecule has 8 heteroatoms. The van der Waals surface area contributed by atoms with Crippen LogP contribution in [0, 0.1) is 0 Å². The van der Waals surface area contributed by atoms with E-state index in [1.54, 1.807) is 11.3 Å². The van der Waals surface area contributed by atoms with Crippen molar-refractivity contribution in [2.24, 2.45) is 0 Å². The maximum absolute atomic E-state index is 11.7. The minimum atomic E-state index is -0.906. The Kier molecular flexibility index (Phi) is 6.77. The van der Waals surface area contributed by atoms with Crippen molar-refractivity contribution in [2.75, 3.05) is 0 Å². The summed E-state index contributed by atoms with van der Waals surface area (Å²) in [5.41, 5.74) is 4.73. The molecule has 0 aliphatic rings. The Balaban J connectivity index is 1.68. The third-order valence-electron chi connectivity index (χ3n) is 5.80. The van der Waals surface area contributed by atoms with Crippen LogP contribution in [0.25, 0.3) is 21.3 Å². The molecule has 0 aliphatic carbocycles. The van der Waals surface area contributed by atoms with Gasteiger partial charge in [-0.3, -0.25) is 9.88 Å². The molecule has 0 bridgehead atoms. The molecule has 1 amide bonds. The molecule has 1 N–H and O–H groups in total. The summed E-state index contributed by atoms with van der Waals surface area (Å²) >= 11 is 5.30. The summed E-state index contributed by atoms with van der Waals surface area (Å²) in [5.74, 6) is 1.08. The molecule has 3 heterocycles. The fraction of sp³-hybridized carbons (Fsp3) is 0.400. The number of carbonyl (C=O) groups is 1. The van der Waals surface area contributed by atoms with Crippen molar-refractivity contribution >= 4 is 54.6 Å². The van der Waals surface area contributed by atoms with E-state index in [2.05, 4.69) is 50.6 Å². The fourth-order valence-electron chi connectivity index (χ4n) is 4.00. The molecular formula is C25H29BrN4O2S. The zero-order valence-electron chi connectivity index (χ0n) is 19.4. The topological polar surface area (TPSA) is 71.2 Å². The summed E-state index contributed by atoms with van der Waals surface area (Å²) < 4.78 is 4.53. The lowest BCUT2D eigenvalue weighted by atomic mass is 10.0. The second-order valence-corrected chi connectivity index (χ2v) is 11.8. The first kappa shape index (κ1) is 23.7. The van der Waals surface area contributed by atoms with Crippen LogP contribution in [-0.4, -0.2) is 36.2 Å². The number of rotatable bonds is 7. The number of nitrogens with zero attached hydrogens (tertiary/aromatic N) is 4. The number of thiophene rings is 1. The largest absolute Gasteiger partial charge is 0.465 e. The lowest BCUT2D eigenvalue weighted by Gasteiger charge is -2.33. The van der Waals surface area contributed by atoms with Crippen LogP contribution in [0.2, 0.25) is 0 Å². The first-order valence-corrected chi connectivity index (χ1v) is 12.8. The number of carboxylic acid groups (broad SMARTS) is 1. The lowest BCUT2D eigenvalue weighted by molar-refractivity contribution is 0.0955. The summed E-state index contributed by atoms with van der Waals surface area (Å²) in [5, 5.41) is 9.59. The summed E-state index contributed by atoms with van der Waals surface area (Å²) in [6.07, 6.45) is 4.10. The molecule has 174 valence electrons. The van der Waals surface area contributed by atoms with E-state index in [-0.39, 0.29) is 0 Å². The van der Waals surface area contributed by atoms with Gasteiger partial charge in [0, 0.05) is 25.0 Å². The highest BCUT2D eigenvalue weighted by Crippen LogP contribution is 2.35. The van der Waals surface area contributed by atoms with Crippen LogP contribution in [0.4, 0.5) is 4.79 Å². The number of hydrogen-bond acceptors (Lipinski definition) is 4. The summed E-state index contributed by atoms with van der Waals surface area (Å²) in [6.45, 7) is 9.01. The van der Waals surface area contributed by atoms with Gasteiger partial charge in [-0.1, -0.05) is 37.6 Å². The zero-order chi connectivity index (χ0) is 23.8. The van der Waals surface area contributed by atoms with Crippen molar-refractivity contribution in [1.82, 2.24) is 19.4 Å². The number of imidazole rings is 1. The molecule has 0 spiro atoms. The van der Waals surface area contributed by atoms with Crippen LogP contribution < -0.4 is 0 Å². The smallest absolute Gasteiger partial charge is 0.408 e. The van der Waals surface area contributed by atoms with Gasteiger partial charge in [-0.25, -0.2) is 9.78 Å². The van der Waals surface area contributed by atoms with Gasteiger partial charge in [0.15, 0.2) is 0 Å². The van der Waals surface area contributed by atoms with E-state index in [0.29, 0.717) is 13.1 Å². The third-order valence-corrected chi connectivity index (χ3v) is 7.43. The second kappa shape index (κ2) is 9.43. The van der Waals surface area contributed by atoms with E-state index in [9.17, 15) is 9.90 Å². The van der Waals surface area contributed by atoms with Crippen molar-refractivity contribution in [3.05, 3.63) is 57.3 Å². The molecule has 0 saturated heterocycles. The van der Waals surface area contributed by atoms with Crippen LogP contribution in [0.3, 0.4) is 0 Å². The number of halogens is 1. The van der Waals surface area contributed by atoms with Crippen LogP contribution in [-0.2, 0) is 19.5 Å². The van der Waals surface area contributed by atoms with E-state index >= 15 is 0 Å². The molecule has 0 atom stereocenters. The van der Waals surface area contributed by atoms with Crippen LogP contribution >= 0.6 is 27.3 Å². The van der Waals surface area contributed by atoms with Gasteiger partial charge in [0.2, 0.25) is 0 Å². The first-order valence-electron chi connectivity index (χ1n) is 11.2. The highest BCUT2D eigenvalue weighted by atomic mass is 79.9. The fourth-order valence-corrected chi connectivity index (χ4v) is 5.60. The normalized spacial score (nSPS) is 12.0. The lowest BCUT2D eigenvalue weighted by Crippen LogP contribution is -2.44. The van der Waals surface area contributed by atoms with Gasteiger partial charge >= 0.3 is 6.09 Å².